The van der Waals surface area contributed by atoms with Crippen molar-refractivity contribution in [3.8, 4) is 0 Å². The van der Waals surface area contributed by atoms with E-state index < -0.39 is 0 Å². The van der Waals surface area contributed by atoms with Gasteiger partial charge in [0, 0.05) is 18.9 Å². The van der Waals surface area contributed by atoms with Crippen LogP contribution in [-0.4, -0.2) is 16.5 Å². The standard InChI is InChI=1S/C14H15N3/c15-9-12-13-10(3-1-7-16-13)5-6-11-4-2-8-17-14(11)12/h1-4,7-8,12H,5-6,9,15H2. The van der Waals surface area contributed by atoms with Crippen LogP contribution in [0.25, 0.3) is 0 Å². The molecule has 2 aromatic rings. The molecule has 0 aromatic carbocycles. The minimum atomic E-state index is 0.143. The lowest BCUT2D eigenvalue weighted by Crippen LogP contribution is -2.17. The first-order valence-corrected chi connectivity index (χ1v) is 5.98. The van der Waals surface area contributed by atoms with Gasteiger partial charge in [0.25, 0.3) is 0 Å². The van der Waals surface area contributed by atoms with Crippen molar-refractivity contribution in [2.75, 3.05) is 6.54 Å². The molecule has 17 heavy (non-hydrogen) atoms. The number of hydrogen-bond donors (Lipinski definition) is 1. The summed E-state index contributed by atoms with van der Waals surface area (Å²) in [6, 6.07) is 8.29. The van der Waals surface area contributed by atoms with Crippen LogP contribution >= 0.6 is 0 Å². The van der Waals surface area contributed by atoms with Crippen LogP contribution in [-0.2, 0) is 12.8 Å². The second-order valence-electron chi connectivity index (χ2n) is 4.38. The summed E-state index contributed by atoms with van der Waals surface area (Å²) in [7, 11) is 0. The highest BCUT2D eigenvalue weighted by Crippen LogP contribution is 2.30. The highest BCUT2D eigenvalue weighted by molar-refractivity contribution is 5.38. The number of aromatic nitrogens is 2. The lowest BCUT2D eigenvalue weighted by Gasteiger charge is -2.15. The second kappa shape index (κ2) is 4.26. The van der Waals surface area contributed by atoms with Crippen LogP contribution in [0, 0.1) is 0 Å². The predicted molar refractivity (Wildman–Crippen MR) is 66.8 cm³/mol. The first kappa shape index (κ1) is 10.4. The average Bonchev–Trinajstić information content (AvgIpc) is 2.55. The van der Waals surface area contributed by atoms with E-state index in [1.165, 1.54) is 11.1 Å². The number of aryl methyl sites for hydroxylation is 2. The summed E-state index contributed by atoms with van der Waals surface area (Å²) in [5.74, 6) is 0.143. The Morgan fingerprint density at radius 3 is 2.00 bits per heavy atom. The van der Waals surface area contributed by atoms with Crippen LogP contribution in [0.3, 0.4) is 0 Å². The van der Waals surface area contributed by atoms with E-state index in [0.717, 1.165) is 24.2 Å². The van der Waals surface area contributed by atoms with Gasteiger partial charge in [0.1, 0.15) is 0 Å². The quantitative estimate of drug-likeness (QED) is 0.803. The number of nitrogens with two attached hydrogens (primary N) is 1. The van der Waals surface area contributed by atoms with Gasteiger partial charge in [0.2, 0.25) is 0 Å². The van der Waals surface area contributed by atoms with Gasteiger partial charge in [-0.05, 0) is 36.1 Å². The average molecular weight is 225 g/mol. The molecule has 0 amide bonds. The molecular weight excluding hydrogens is 210 g/mol. The Labute approximate surface area is 101 Å². The van der Waals surface area contributed by atoms with E-state index in [2.05, 4.69) is 22.1 Å². The van der Waals surface area contributed by atoms with Crippen LogP contribution in [0.4, 0.5) is 0 Å². The zero-order valence-corrected chi connectivity index (χ0v) is 9.63. The van der Waals surface area contributed by atoms with Crippen molar-refractivity contribution in [1.29, 1.82) is 0 Å². The monoisotopic (exact) mass is 225 g/mol. The summed E-state index contributed by atoms with van der Waals surface area (Å²) in [4.78, 5) is 9.02. The maximum absolute atomic E-state index is 5.92. The maximum atomic E-state index is 5.92. The Hall–Kier alpha value is -1.74. The summed E-state index contributed by atoms with van der Waals surface area (Å²) in [5.41, 5.74) is 10.7. The van der Waals surface area contributed by atoms with Crippen molar-refractivity contribution in [3.05, 3.63) is 59.2 Å². The largest absolute Gasteiger partial charge is 0.329 e. The molecule has 3 nitrogen and oxygen atoms in total. The molecular formula is C14H15N3. The van der Waals surface area contributed by atoms with E-state index in [9.17, 15) is 0 Å². The van der Waals surface area contributed by atoms with E-state index >= 15 is 0 Å². The van der Waals surface area contributed by atoms with E-state index in [-0.39, 0.29) is 5.92 Å². The SMILES string of the molecule is NCC1c2ncccc2CCc2cccnc21. The first-order valence-electron chi connectivity index (χ1n) is 5.98. The van der Waals surface area contributed by atoms with Crippen LogP contribution in [0.5, 0.6) is 0 Å². The zero-order chi connectivity index (χ0) is 11.7. The number of rotatable bonds is 1. The highest BCUT2D eigenvalue weighted by Gasteiger charge is 2.24. The molecule has 1 aliphatic carbocycles. The Kier molecular flexibility index (Phi) is 2.61. The number of hydrogen-bond acceptors (Lipinski definition) is 3. The zero-order valence-electron chi connectivity index (χ0n) is 9.63. The second-order valence-corrected chi connectivity index (χ2v) is 4.38. The molecule has 86 valence electrons. The van der Waals surface area contributed by atoms with Gasteiger partial charge in [-0.15, -0.1) is 0 Å². The molecule has 0 radical (unpaired) electrons. The molecule has 0 spiro atoms. The molecule has 0 unspecified atom stereocenters. The third kappa shape index (κ3) is 1.72. The molecule has 0 atom stereocenters. The van der Waals surface area contributed by atoms with E-state index in [4.69, 9.17) is 5.73 Å². The van der Waals surface area contributed by atoms with Gasteiger partial charge in [-0.25, -0.2) is 0 Å². The van der Waals surface area contributed by atoms with Crippen LogP contribution < -0.4 is 5.73 Å². The third-order valence-electron chi connectivity index (χ3n) is 3.41. The number of fused-ring (bicyclic) bond motifs is 2. The minimum absolute atomic E-state index is 0.143. The number of nitrogens with zero attached hydrogens (tertiary/aromatic N) is 2. The van der Waals surface area contributed by atoms with Crippen molar-refractivity contribution in [1.82, 2.24) is 9.97 Å². The Morgan fingerprint density at radius 1 is 1.00 bits per heavy atom. The summed E-state index contributed by atoms with van der Waals surface area (Å²) < 4.78 is 0. The lowest BCUT2D eigenvalue weighted by molar-refractivity contribution is 0.754. The molecule has 1 aliphatic rings. The van der Waals surface area contributed by atoms with Crippen LogP contribution in [0.2, 0.25) is 0 Å². The van der Waals surface area contributed by atoms with Crippen molar-refractivity contribution < 1.29 is 0 Å². The fourth-order valence-electron chi connectivity index (χ4n) is 2.57. The molecule has 2 N–H and O–H groups in total. The van der Waals surface area contributed by atoms with Gasteiger partial charge in [-0.1, -0.05) is 12.1 Å². The Morgan fingerprint density at radius 2 is 1.53 bits per heavy atom. The van der Waals surface area contributed by atoms with Crippen molar-refractivity contribution in [2.45, 2.75) is 18.8 Å². The van der Waals surface area contributed by atoms with Gasteiger partial charge in [0.15, 0.2) is 0 Å². The smallest absolute Gasteiger partial charge is 0.0564 e. The molecule has 0 fully saturated rings. The molecule has 3 heteroatoms. The van der Waals surface area contributed by atoms with Crippen LogP contribution in [0.15, 0.2) is 36.7 Å². The van der Waals surface area contributed by atoms with Gasteiger partial charge < -0.3 is 5.73 Å². The molecule has 0 bridgehead atoms. The molecule has 2 aromatic heterocycles. The van der Waals surface area contributed by atoms with Gasteiger partial charge in [-0.3, -0.25) is 9.97 Å². The fourth-order valence-corrected chi connectivity index (χ4v) is 2.57. The maximum Gasteiger partial charge on any atom is 0.0564 e. The van der Waals surface area contributed by atoms with Crippen LogP contribution in [0.1, 0.15) is 28.4 Å². The molecule has 0 saturated heterocycles. The summed E-state index contributed by atoms with van der Waals surface area (Å²) in [5, 5.41) is 0. The topological polar surface area (TPSA) is 51.8 Å². The number of pyridine rings is 2. The van der Waals surface area contributed by atoms with Gasteiger partial charge >= 0.3 is 0 Å². The summed E-state index contributed by atoms with van der Waals surface area (Å²) in [6.45, 7) is 0.564. The molecule has 2 heterocycles. The molecule has 0 saturated carbocycles. The lowest BCUT2D eigenvalue weighted by atomic mass is 9.96. The molecule has 3 rings (SSSR count). The Balaban J connectivity index is 2.19. The molecule has 0 aliphatic heterocycles. The van der Waals surface area contributed by atoms with E-state index in [0.29, 0.717) is 6.54 Å². The fraction of sp³-hybridized carbons (Fsp3) is 0.286. The van der Waals surface area contributed by atoms with Gasteiger partial charge in [0.05, 0.1) is 17.3 Å². The predicted octanol–water partition coefficient (Wildman–Crippen LogP) is 1.67. The summed E-state index contributed by atoms with van der Waals surface area (Å²) >= 11 is 0. The highest BCUT2D eigenvalue weighted by atomic mass is 14.8. The van der Waals surface area contributed by atoms with E-state index in [1.807, 2.05) is 24.5 Å². The minimum Gasteiger partial charge on any atom is -0.329 e. The van der Waals surface area contributed by atoms with Gasteiger partial charge in [-0.2, -0.15) is 0 Å². The Bertz CT molecular complexity index is 489. The van der Waals surface area contributed by atoms with E-state index in [1.54, 1.807) is 0 Å². The van der Waals surface area contributed by atoms with Crippen molar-refractivity contribution in [3.63, 3.8) is 0 Å². The third-order valence-corrected chi connectivity index (χ3v) is 3.41. The van der Waals surface area contributed by atoms with Crippen molar-refractivity contribution >= 4 is 0 Å². The normalized spacial score (nSPS) is 14.9. The van der Waals surface area contributed by atoms with Crippen molar-refractivity contribution in [2.24, 2.45) is 5.73 Å². The first-order chi connectivity index (χ1) is 8.40. The summed E-state index contributed by atoms with van der Waals surface area (Å²) in [6.07, 6.45) is 5.74.